The molecule has 2 aromatic rings. The van der Waals surface area contributed by atoms with E-state index in [1.165, 1.54) is 24.8 Å². The van der Waals surface area contributed by atoms with Gasteiger partial charge in [-0.3, -0.25) is 4.90 Å². The Labute approximate surface area is 131 Å². The highest BCUT2D eigenvalue weighted by Gasteiger charge is 2.23. The van der Waals surface area contributed by atoms with Crippen LogP contribution in [-0.2, 0) is 0 Å². The molecule has 0 bridgehead atoms. The van der Waals surface area contributed by atoms with Gasteiger partial charge in [0, 0.05) is 0 Å². The summed E-state index contributed by atoms with van der Waals surface area (Å²) in [6.45, 7) is 2.18. The third-order valence-electron chi connectivity index (χ3n) is 4.37. The van der Waals surface area contributed by atoms with Crippen molar-refractivity contribution in [1.29, 1.82) is 0 Å². The first-order chi connectivity index (χ1) is 10.8. The van der Waals surface area contributed by atoms with Gasteiger partial charge in [0.05, 0.1) is 13.2 Å². The molecule has 0 spiro atoms. The number of methoxy groups -OCH3 is 1. The molecule has 22 heavy (non-hydrogen) atoms. The zero-order valence-corrected chi connectivity index (χ0v) is 13.0. The molecule has 1 saturated heterocycles. The van der Waals surface area contributed by atoms with Gasteiger partial charge in [-0.25, -0.2) is 4.39 Å². The fourth-order valence-corrected chi connectivity index (χ4v) is 3.22. The summed E-state index contributed by atoms with van der Waals surface area (Å²) in [4.78, 5) is 2.50. The van der Waals surface area contributed by atoms with Crippen LogP contribution < -0.4 is 4.74 Å². The number of nitrogens with zero attached hydrogens (tertiary/aromatic N) is 1. The van der Waals surface area contributed by atoms with Crippen molar-refractivity contribution in [3.63, 3.8) is 0 Å². The molecule has 1 unspecified atom stereocenters. The first-order valence-electron chi connectivity index (χ1n) is 7.91. The fraction of sp³-hybridized carbons (Fsp3) is 0.368. The lowest BCUT2D eigenvalue weighted by atomic mass is 9.95. The molecule has 2 aromatic carbocycles. The number of ether oxygens (including phenoxy) is 1. The minimum atomic E-state index is -0.184. The topological polar surface area (TPSA) is 12.5 Å². The molecule has 0 aliphatic carbocycles. The Morgan fingerprint density at radius 3 is 1.95 bits per heavy atom. The summed E-state index contributed by atoms with van der Waals surface area (Å²) in [6, 6.07) is 15.3. The van der Waals surface area contributed by atoms with Gasteiger partial charge >= 0.3 is 0 Å². The second kappa shape index (κ2) is 6.93. The number of rotatable bonds is 4. The summed E-state index contributed by atoms with van der Waals surface area (Å²) < 4.78 is 18.5. The SMILES string of the molecule is COc1ccc(C(c2ccc(F)cc2)N2CCCCC2)cc1. The molecule has 2 nitrogen and oxygen atoms in total. The van der Waals surface area contributed by atoms with E-state index in [9.17, 15) is 4.39 Å². The van der Waals surface area contributed by atoms with E-state index in [4.69, 9.17) is 4.74 Å². The van der Waals surface area contributed by atoms with Gasteiger partial charge in [0.1, 0.15) is 11.6 Å². The zero-order valence-electron chi connectivity index (χ0n) is 13.0. The summed E-state index contributed by atoms with van der Waals surface area (Å²) >= 11 is 0. The van der Waals surface area contributed by atoms with E-state index in [0.29, 0.717) is 0 Å². The standard InChI is InChI=1S/C19H22FNO/c1-22-18-11-7-16(8-12-18)19(21-13-3-2-4-14-21)15-5-9-17(20)10-6-15/h5-12,19H,2-4,13-14H2,1H3. The summed E-state index contributed by atoms with van der Waals surface area (Å²) in [5.41, 5.74) is 2.38. The third kappa shape index (κ3) is 3.30. The summed E-state index contributed by atoms with van der Waals surface area (Å²) in [5.74, 6) is 0.677. The van der Waals surface area contributed by atoms with E-state index in [2.05, 4.69) is 17.0 Å². The highest BCUT2D eigenvalue weighted by Crippen LogP contribution is 2.32. The predicted octanol–water partition coefficient (Wildman–Crippen LogP) is 4.41. The molecular weight excluding hydrogens is 277 g/mol. The van der Waals surface area contributed by atoms with Gasteiger partial charge in [-0.15, -0.1) is 0 Å². The summed E-state index contributed by atoms with van der Waals surface area (Å²) in [5, 5.41) is 0. The van der Waals surface area contributed by atoms with Crippen LogP contribution in [0.5, 0.6) is 5.75 Å². The number of halogens is 1. The van der Waals surface area contributed by atoms with Crippen molar-refractivity contribution < 1.29 is 9.13 Å². The average Bonchev–Trinajstić information content (AvgIpc) is 2.58. The van der Waals surface area contributed by atoms with Crippen molar-refractivity contribution >= 4 is 0 Å². The Morgan fingerprint density at radius 1 is 0.864 bits per heavy atom. The quantitative estimate of drug-likeness (QED) is 0.829. The highest BCUT2D eigenvalue weighted by atomic mass is 19.1. The van der Waals surface area contributed by atoms with Gasteiger partial charge in [-0.1, -0.05) is 30.7 Å². The maximum atomic E-state index is 13.3. The number of likely N-dealkylation sites (tertiary alicyclic amines) is 1. The van der Waals surface area contributed by atoms with Crippen LogP contribution in [0.25, 0.3) is 0 Å². The normalized spacial score (nSPS) is 17.2. The van der Waals surface area contributed by atoms with Gasteiger partial charge in [-0.05, 0) is 61.3 Å². The first-order valence-corrected chi connectivity index (χ1v) is 7.91. The Morgan fingerprint density at radius 2 is 1.41 bits per heavy atom. The minimum absolute atomic E-state index is 0.184. The van der Waals surface area contributed by atoms with Crippen molar-refractivity contribution in [3.05, 3.63) is 65.5 Å². The third-order valence-corrected chi connectivity index (χ3v) is 4.37. The lowest BCUT2D eigenvalue weighted by Gasteiger charge is -2.35. The lowest BCUT2D eigenvalue weighted by molar-refractivity contribution is 0.187. The van der Waals surface area contributed by atoms with E-state index in [0.717, 1.165) is 24.4 Å². The van der Waals surface area contributed by atoms with Gasteiger partial charge in [0.25, 0.3) is 0 Å². The van der Waals surface area contributed by atoms with Crippen LogP contribution in [0.3, 0.4) is 0 Å². The average molecular weight is 299 g/mol. The molecule has 0 radical (unpaired) electrons. The second-order valence-electron chi connectivity index (χ2n) is 5.82. The van der Waals surface area contributed by atoms with Crippen molar-refractivity contribution in [2.45, 2.75) is 25.3 Å². The molecule has 1 heterocycles. The molecule has 0 saturated carbocycles. The van der Waals surface area contributed by atoms with E-state index in [1.54, 1.807) is 19.2 Å². The zero-order chi connectivity index (χ0) is 15.4. The highest BCUT2D eigenvalue weighted by molar-refractivity contribution is 5.35. The Balaban J connectivity index is 1.95. The smallest absolute Gasteiger partial charge is 0.123 e. The van der Waals surface area contributed by atoms with E-state index < -0.39 is 0 Å². The fourth-order valence-electron chi connectivity index (χ4n) is 3.22. The van der Waals surface area contributed by atoms with Gasteiger partial charge < -0.3 is 4.74 Å². The molecule has 116 valence electrons. The second-order valence-corrected chi connectivity index (χ2v) is 5.82. The van der Waals surface area contributed by atoms with Crippen LogP contribution in [0.2, 0.25) is 0 Å². The number of benzene rings is 2. The number of piperidine rings is 1. The van der Waals surface area contributed by atoms with Crippen LogP contribution in [-0.4, -0.2) is 25.1 Å². The van der Waals surface area contributed by atoms with Crippen LogP contribution in [0, 0.1) is 5.82 Å². The molecule has 1 aliphatic heterocycles. The van der Waals surface area contributed by atoms with E-state index in [-0.39, 0.29) is 11.9 Å². The summed E-state index contributed by atoms with van der Waals surface area (Å²) in [7, 11) is 1.68. The van der Waals surface area contributed by atoms with Gasteiger partial charge in [0.2, 0.25) is 0 Å². The van der Waals surface area contributed by atoms with Crippen LogP contribution >= 0.6 is 0 Å². The molecule has 3 rings (SSSR count). The molecule has 3 heteroatoms. The van der Waals surface area contributed by atoms with Crippen molar-refractivity contribution in [2.75, 3.05) is 20.2 Å². The monoisotopic (exact) mass is 299 g/mol. The number of hydrogen-bond acceptors (Lipinski definition) is 2. The molecule has 0 N–H and O–H groups in total. The summed E-state index contributed by atoms with van der Waals surface area (Å²) in [6.07, 6.45) is 3.76. The van der Waals surface area contributed by atoms with E-state index >= 15 is 0 Å². The molecular formula is C19H22FNO. The van der Waals surface area contributed by atoms with Crippen molar-refractivity contribution in [1.82, 2.24) is 4.90 Å². The molecule has 0 aromatic heterocycles. The lowest BCUT2D eigenvalue weighted by Crippen LogP contribution is -2.34. The molecule has 0 amide bonds. The number of hydrogen-bond donors (Lipinski definition) is 0. The van der Waals surface area contributed by atoms with Crippen molar-refractivity contribution in [2.24, 2.45) is 0 Å². The van der Waals surface area contributed by atoms with Crippen LogP contribution in [0.1, 0.15) is 36.4 Å². The maximum Gasteiger partial charge on any atom is 0.123 e. The molecule has 1 atom stereocenters. The Bertz CT molecular complexity index is 588. The predicted molar refractivity (Wildman–Crippen MR) is 86.7 cm³/mol. The van der Waals surface area contributed by atoms with Gasteiger partial charge in [-0.2, -0.15) is 0 Å². The first kappa shape index (κ1) is 15.0. The van der Waals surface area contributed by atoms with Crippen LogP contribution in [0.4, 0.5) is 4.39 Å². The van der Waals surface area contributed by atoms with Crippen LogP contribution in [0.15, 0.2) is 48.5 Å². The Kier molecular flexibility index (Phi) is 4.74. The minimum Gasteiger partial charge on any atom is -0.497 e. The molecule has 1 aliphatic rings. The van der Waals surface area contributed by atoms with Crippen molar-refractivity contribution in [3.8, 4) is 5.75 Å². The largest absolute Gasteiger partial charge is 0.497 e. The van der Waals surface area contributed by atoms with Gasteiger partial charge in [0.15, 0.2) is 0 Å². The van der Waals surface area contributed by atoms with E-state index in [1.807, 2.05) is 24.3 Å². The maximum absolute atomic E-state index is 13.3. The molecule has 1 fully saturated rings. The Hall–Kier alpha value is -1.87.